The van der Waals surface area contributed by atoms with Crippen molar-refractivity contribution in [3.8, 4) is 17.5 Å². The monoisotopic (exact) mass is 269 g/mol. The zero-order valence-electron chi connectivity index (χ0n) is 11.1. The molecule has 0 saturated carbocycles. The van der Waals surface area contributed by atoms with Crippen LogP contribution >= 0.6 is 0 Å². The number of H-pyrrole nitrogens is 1. The molecule has 0 aliphatic rings. The van der Waals surface area contributed by atoms with Crippen LogP contribution < -0.4 is 5.32 Å². The third-order valence-corrected chi connectivity index (χ3v) is 2.73. The van der Waals surface area contributed by atoms with E-state index in [0.717, 1.165) is 18.7 Å². The quantitative estimate of drug-likeness (QED) is 0.738. The van der Waals surface area contributed by atoms with E-state index in [-0.39, 0.29) is 0 Å². The first-order valence-electron chi connectivity index (χ1n) is 6.49. The Kier molecular flexibility index (Phi) is 3.40. The molecular weight excluding hydrogens is 254 g/mol. The fourth-order valence-corrected chi connectivity index (χ4v) is 1.76. The van der Waals surface area contributed by atoms with Crippen LogP contribution in [0, 0.1) is 0 Å². The molecule has 0 aliphatic heterocycles. The molecule has 7 nitrogen and oxygen atoms in total. The van der Waals surface area contributed by atoms with Crippen molar-refractivity contribution in [2.45, 2.75) is 13.3 Å². The predicted octanol–water partition coefficient (Wildman–Crippen LogP) is 1.87. The van der Waals surface area contributed by atoms with Gasteiger partial charge in [-0.1, -0.05) is 6.92 Å². The molecule has 102 valence electrons. The number of aromatic nitrogens is 6. The summed E-state index contributed by atoms with van der Waals surface area (Å²) in [6.45, 7) is 2.91. The van der Waals surface area contributed by atoms with E-state index in [0.29, 0.717) is 17.7 Å². The number of hydrogen-bond donors (Lipinski definition) is 2. The maximum atomic E-state index is 4.46. The van der Waals surface area contributed by atoms with Crippen LogP contribution in [0.1, 0.15) is 13.3 Å². The summed E-state index contributed by atoms with van der Waals surface area (Å²) in [5.74, 6) is 1.71. The van der Waals surface area contributed by atoms with Crippen molar-refractivity contribution in [1.29, 1.82) is 0 Å². The van der Waals surface area contributed by atoms with E-state index < -0.39 is 0 Å². The largest absolute Gasteiger partial charge is 0.359 e. The number of hydrogen-bond acceptors (Lipinski definition) is 5. The molecule has 0 bridgehead atoms. The second kappa shape index (κ2) is 5.52. The molecule has 7 heteroatoms. The summed E-state index contributed by atoms with van der Waals surface area (Å²) in [5, 5.41) is 3.19. The Morgan fingerprint density at radius 3 is 2.95 bits per heavy atom. The summed E-state index contributed by atoms with van der Waals surface area (Å²) in [6.07, 6.45) is 8.01. The van der Waals surface area contributed by atoms with E-state index in [1.165, 1.54) is 0 Å². The lowest BCUT2D eigenvalue weighted by Gasteiger charge is -2.07. The number of rotatable bonds is 5. The van der Waals surface area contributed by atoms with Crippen LogP contribution in [0.15, 0.2) is 37.1 Å². The molecule has 2 N–H and O–H groups in total. The Bertz CT molecular complexity index is 606. The third kappa shape index (κ3) is 2.51. The first-order valence-corrected chi connectivity index (χ1v) is 6.49. The second-order valence-electron chi connectivity index (χ2n) is 4.26. The van der Waals surface area contributed by atoms with Gasteiger partial charge in [0.1, 0.15) is 6.33 Å². The molecule has 0 amide bonds. The summed E-state index contributed by atoms with van der Waals surface area (Å²) < 4.78 is 1.76. The van der Waals surface area contributed by atoms with Gasteiger partial charge >= 0.3 is 0 Å². The van der Waals surface area contributed by atoms with Gasteiger partial charge in [0.05, 0.1) is 5.69 Å². The number of nitrogens with one attached hydrogen (secondary N) is 2. The molecule has 0 aromatic carbocycles. The predicted molar refractivity (Wildman–Crippen MR) is 75.5 cm³/mol. The Balaban J connectivity index is 2.03. The molecular formula is C13H15N7. The van der Waals surface area contributed by atoms with Crippen LogP contribution in [-0.4, -0.2) is 36.0 Å². The van der Waals surface area contributed by atoms with Gasteiger partial charge in [-0.05, 0) is 18.6 Å². The summed E-state index contributed by atoms with van der Waals surface area (Å²) >= 11 is 0. The smallest absolute Gasteiger partial charge is 0.240 e. The lowest BCUT2D eigenvalue weighted by molar-refractivity contribution is 0.881. The van der Waals surface area contributed by atoms with Crippen LogP contribution in [-0.2, 0) is 0 Å². The van der Waals surface area contributed by atoms with Gasteiger partial charge in [-0.2, -0.15) is 15.0 Å². The Labute approximate surface area is 116 Å². The van der Waals surface area contributed by atoms with E-state index in [4.69, 9.17) is 0 Å². The number of imidazole rings is 1. The van der Waals surface area contributed by atoms with E-state index in [1.54, 1.807) is 23.3 Å². The SMILES string of the molecule is CCCNc1nc(-c2ccc[nH]2)nc(-n2ccnc2)n1. The highest BCUT2D eigenvalue weighted by Crippen LogP contribution is 2.15. The van der Waals surface area contributed by atoms with E-state index >= 15 is 0 Å². The topological polar surface area (TPSA) is 84.3 Å². The van der Waals surface area contributed by atoms with Crippen molar-refractivity contribution in [1.82, 2.24) is 29.5 Å². The minimum absolute atomic E-state index is 0.542. The zero-order chi connectivity index (χ0) is 13.8. The van der Waals surface area contributed by atoms with Crippen LogP contribution in [0.5, 0.6) is 0 Å². The van der Waals surface area contributed by atoms with E-state index in [1.807, 2.05) is 18.3 Å². The summed E-state index contributed by atoms with van der Waals surface area (Å²) in [5.41, 5.74) is 0.855. The molecule has 3 heterocycles. The van der Waals surface area contributed by atoms with Crippen LogP contribution in [0.3, 0.4) is 0 Å². The normalized spacial score (nSPS) is 10.7. The molecule has 20 heavy (non-hydrogen) atoms. The van der Waals surface area contributed by atoms with Crippen LogP contribution in [0.4, 0.5) is 5.95 Å². The highest BCUT2D eigenvalue weighted by Gasteiger charge is 2.10. The van der Waals surface area contributed by atoms with Gasteiger partial charge in [0.25, 0.3) is 0 Å². The maximum absolute atomic E-state index is 4.46. The lowest BCUT2D eigenvalue weighted by Crippen LogP contribution is -2.10. The molecule has 3 aromatic rings. The first-order chi connectivity index (χ1) is 9.86. The first kappa shape index (κ1) is 12.3. The summed E-state index contributed by atoms with van der Waals surface area (Å²) in [6, 6.07) is 3.84. The molecule has 0 atom stereocenters. The molecule has 0 saturated heterocycles. The van der Waals surface area contributed by atoms with Gasteiger partial charge in [0, 0.05) is 25.1 Å². The second-order valence-corrected chi connectivity index (χ2v) is 4.26. The van der Waals surface area contributed by atoms with Crippen LogP contribution in [0.25, 0.3) is 17.5 Å². The number of anilines is 1. The van der Waals surface area contributed by atoms with Gasteiger partial charge in [0.15, 0.2) is 5.82 Å². The van der Waals surface area contributed by atoms with Crippen molar-refractivity contribution in [3.63, 3.8) is 0 Å². The maximum Gasteiger partial charge on any atom is 0.240 e. The molecule has 0 fully saturated rings. The average Bonchev–Trinajstić information content (AvgIpc) is 3.17. The van der Waals surface area contributed by atoms with E-state index in [2.05, 4.69) is 37.2 Å². The highest BCUT2D eigenvalue weighted by molar-refractivity contribution is 5.52. The number of nitrogens with zero attached hydrogens (tertiary/aromatic N) is 5. The minimum atomic E-state index is 0.542. The van der Waals surface area contributed by atoms with Crippen molar-refractivity contribution in [2.24, 2.45) is 0 Å². The minimum Gasteiger partial charge on any atom is -0.359 e. The molecule has 0 spiro atoms. The summed E-state index contributed by atoms with van der Waals surface area (Å²) in [7, 11) is 0. The lowest BCUT2D eigenvalue weighted by atomic mass is 10.4. The van der Waals surface area contributed by atoms with Crippen molar-refractivity contribution in [2.75, 3.05) is 11.9 Å². The zero-order valence-corrected chi connectivity index (χ0v) is 11.1. The molecule has 0 aliphatic carbocycles. The Morgan fingerprint density at radius 2 is 2.25 bits per heavy atom. The number of aromatic amines is 1. The van der Waals surface area contributed by atoms with Crippen LogP contribution in [0.2, 0.25) is 0 Å². The Hall–Kier alpha value is -2.70. The Morgan fingerprint density at radius 1 is 1.30 bits per heavy atom. The van der Waals surface area contributed by atoms with Crippen molar-refractivity contribution in [3.05, 3.63) is 37.1 Å². The fraction of sp³-hybridized carbons (Fsp3) is 0.231. The van der Waals surface area contributed by atoms with Gasteiger partial charge in [-0.3, -0.25) is 4.57 Å². The van der Waals surface area contributed by atoms with E-state index in [9.17, 15) is 0 Å². The standard InChI is InChI=1S/C13H15N7/c1-2-5-16-12-17-11(10-4-3-6-15-10)18-13(19-12)20-8-7-14-9-20/h3-4,6-9,15H,2,5H2,1H3,(H,16,17,18,19). The van der Waals surface area contributed by atoms with Crippen molar-refractivity contribution < 1.29 is 0 Å². The molecule has 3 rings (SSSR count). The summed E-state index contributed by atoms with van der Waals surface area (Å²) in [4.78, 5) is 20.4. The van der Waals surface area contributed by atoms with Gasteiger partial charge < -0.3 is 10.3 Å². The van der Waals surface area contributed by atoms with Gasteiger partial charge in [-0.15, -0.1) is 0 Å². The third-order valence-electron chi connectivity index (χ3n) is 2.73. The van der Waals surface area contributed by atoms with Gasteiger partial charge in [0.2, 0.25) is 11.9 Å². The average molecular weight is 269 g/mol. The molecule has 3 aromatic heterocycles. The fourth-order valence-electron chi connectivity index (χ4n) is 1.76. The highest BCUT2D eigenvalue weighted by atomic mass is 15.2. The van der Waals surface area contributed by atoms with Crippen molar-refractivity contribution >= 4 is 5.95 Å². The molecule has 0 radical (unpaired) electrons. The van der Waals surface area contributed by atoms with Gasteiger partial charge in [-0.25, -0.2) is 4.98 Å². The molecule has 0 unspecified atom stereocenters.